The molecule has 0 unspecified atom stereocenters. The summed E-state index contributed by atoms with van der Waals surface area (Å²) in [7, 11) is 0. The molecule has 6 heteroatoms. The van der Waals surface area contributed by atoms with Gasteiger partial charge in [0.2, 0.25) is 0 Å². The number of rotatable bonds is 6. The van der Waals surface area contributed by atoms with Crippen molar-refractivity contribution < 1.29 is 4.92 Å². The van der Waals surface area contributed by atoms with Crippen LogP contribution in [0.15, 0.2) is 29.3 Å². The van der Waals surface area contributed by atoms with Gasteiger partial charge in [0, 0.05) is 25.2 Å². The molecule has 0 aliphatic rings. The summed E-state index contributed by atoms with van der Waals surface area (Å²) in [5.74, 6) is 0.443. The lowest BCUT2D eigenvalue weighted by molar-refractivity contribution is -0.384. The van der Waals surface area contributed by atoms with Crippen molar-refractivity contribution in [3.8, 4) is 0 Å². The number of nitro groups is 1. The van der Waals surface area contributed by atoms with E-state index in [1.807, 2.05) is 6.92 Å². The van der Waals surface area contributed by atoms with Gasteiger partial charge in [-0.25, -0.2) is 0 Å². The minimum absolute atomic E-state index is 0.107. The van der Waals surface area contributed by atoms with Crippen LogP contribution in [-0.2, 0) is 6.42 Å². The first-order valence-corrected chi connectivity index (χ1v) is 5.90. The second-order valence-corrected chi connectivity index (χ2v) is 3.87. The number of hydrogen-bond donors (Lipinski definition) is 2. The quantitative estimate of drug-likeness (QED) is 0.346. The first-order chi connectivity index (χ1) is 8.63. The molecular formula is C12H18N4O2. The zero-order valence-electron chi connectivity index (χ0n) is 10.4. The van der Waals surface area contributed by atoms with Crippen molar-refractivity contribution in [3.05, 3.63) is 39.9 Å². The Morgan fingerprint density at radius 2 is 2.11 bits per heavy atom. The van der Waals surface area contributed by atoms with Gasteiger partial charge in [-0.05, 0) is 18.4 Å². The summed E-state index contributed by atoms with van der Waals surface area (Å²) in [5.41, 5.74) is 6.77. The Morgan fingerprint density at radius 1 is 1.44 bits per heavy atom. The molecule has 0 aliphatic carbocycles. The summed E-state index contributed by atoms with van der Waals surface area (Å²) in [5, 5.41) is 13.5. The predicted molar refractivity (Wildman–Crippen MR) is 71.6 cm³/mol. The van der Waals surface area contributed by atoms with E-state index in [4.69, 9.17) is 5.73 Å². The largest absolute Gasteiger partial charge is 0.370 e. The molecule has 0 atom stereocenters. The molecule has 6 nitrogen and oxygen atoms in total. The van der Waals surface area contributed by atoms with Crippen molar-refractivity contribution in [2.24, 2.45) is 10.7 Å². The van der Waals surface area contributed by atoms with Gasteiger partial charge in [-0.2, -0.15) is 0 Å². The smallest absolute Gasteiger partial charge is 0.269 e. The van der Waals surface area contributed by atoms with Gasteiger partial charge in [0.1, 0.15) is 0 Å². The van der Waals surface area contributed by atoms with Crippen LogP contribution in [0.5, 0.6) is 0 Å². The Balaban J connectivity index is 2.37. The highest BCUT2D eigenvalue weighted by Gasteiger charge is 2.03. The first-order valence-electron chi connectivity index (χ1n) is 5.90. The SMILES string of the molecule is CCCN=C(N)NCCc1ccc([N+](=O)[O-])cc1. The fraction of sp³-hybridized carbons (Fsp3) is 0.417. The molecule has 0 aliphatic heterocycles. The lowest BCUT2D eigenvalue weighted by Crippen LogP contribution is -2.33. The molecule has 1 aromatic carbocycles. The number of benzene rings is 1. The van der Waals surface area contributed by atoms with E-state index in [9.17, 15) is 10.1 Å². The predicted octanol–water partition coefficient (Wildman–Crippen LogP) is 1.45. The summed E-state index contributed by atoms with van der Waals surface area (Å²) < 4.78 is 0. The Kier molecular flexibility index (Phi) is 5.63. The molecule has 1 rings (SSSR count). The highest BCUT2D eigenvalue weighted by Crippen LogP contribution is 2.11. The summed E-state index contributed by atoms with van der Waals surface area (Å²) >= 11 is 0. The van der Waals surface area contributed by atoms with Crippen LogP contribution in [-0.4, -0.2) is 24.0 Å². The zero-order chi connectivity index (χ0) is 13.4. The average Bonchev–Trinajstić information content (AvgIpc) is 2.37. The Bertz CT molecular complexity index is 415. The van der Waals surface area contributed by atoms with Gasteiger partial charge in [-0.1, -0.05) is 19.1 Å². The number of guanidine groups is 1. The molecule has 3 N–H and O–H groups in total. The Hall–Kier alpha value is -2.11. The molecule has 0 saturated carbocycles. The third-order valence-electron chi connectivity index (χ3n) is 2.37. The van der Waals surface area contributed by atoms with Crippen molar-refractivity contribution in [3.63, 3.8) is 0 Å². The van der Waals surface area contributed by atoms with E-state index in [-0.39, 0.29) is 5.69 Å². The van der Waals surface area contributed by atoms with Crippen LogP contribution in [0.25, 0.3) is 0 Å². The summed E-state index contributed by atoms with van der Waals surface area (Å²) in [6.45, 7) is 3.42. The maximum Gasteiger partial charge on any atom is 0.269 e. The van der Waals surface area contributed by atoms with E-state index in [0.717, 1.165) is 24.9 Å². The van der Waals surface area contributed by atoms with Crippen LogP contribution in [0.3, 0.4) is 0 Å². The van der Waals surface area contributed by atoms with Crippen LogP contribution in [0.4, 0.5) is 5.69 Å². The van der Waals surface area contributed by atoms with Crippen LogP contribution in [0, 0.1) is 10.1 Å². The number of nitro benzene ring substituents is 1. The second-order valence-electron chi connectivity index (χ2n) is 3.87. The van der Waals surface area contributed by atoms with Gasteiger partial charge < -0.3 is 11.1 Å². The number of aliphatic imine (C=N–C) groups is 1. The molecule has 0 fully saturated rings. The zero-order valence-corrected chi connectivity index (χ0v) is 10.4. The first kappa shape index (κ1) is 14.0. The fourth-order valence-electron chi connectivity index (χ4n) is 1.41. The number of non-ortho nitro benzene ring substituents is 1. The molecular weight excluding hydrogens is 232 g/mol. The normalized spacial score (nSPS) is 11.3. The highest BCUT2D eigenvalue weighted by atomic mass is 16.6. The number of hydrogen-bond acceptors (Lipinski definition) is 3. The maximum atomic E-state index is 10.5. The van der Waals surface area contributed by atoms with E-state index in [1.165, 1.54) is 12.1 Å². The fourth-order valence-corrected chi connectivity index (χ4v) is 1.41. The van der Waals surface area contributed by atoms with Crippen LogP contribution < -0.4 is 11.1 Å². The van der Waals surface area contributed by atoms with Gasteiger partial charge in [0.15, 0.2) is 5.96 Å². The van der Waals surface area contributed by atoms with Gasteiger partial charge in [0.25, 0.3) is 5.69 Å². The van der Waals surface area contributed by atoms with E-state index in [0.29, 0.717) is 12.5 Å². The molecule has 0 radical (unpaired) electrons. The molecule has 0 spiro atoms. The molecule has 1 aromatic rings. The third kappa shape index (κ3) is 4.82. The number of nitrogens with zero attached hydrogens (tertiary/aromatic N) is 2. The molecule has 0 amide bonds. The molecule has 18 heavy (non-hydrogen) atoms. The van der Waals surface area contributed by atoms with Crippen molar-refractivity contribution >= 4 is 11.6 Å². The van der Waals surface area contributed by atoms with E-state index < -0.39 is 4.92 Å². The number of nitrogens with one attached hydrogen (secondary N) is 1. The maximum absolute atomic E-state index is 10.5. The minimum Gasteiger partial charge on any atom is -0.370 e. The van der Waals surface area contributed by atoms with Crippen LogP contribution in [0.2, 0.25) is 0 Å². The lowest BCUT2D eigenvalue weighted by atomic mass is 10.1. The van der Waals surface area contributed by atoms with Crippen LogP contribution in [0.1, 0.15) is 18.9 Å². The Morgan fingerprint density at radius 3 is 2.67 bits per heavy atom. The lowest BCUT2D eigenvalue weighted by Gasteiger charge is -2.05. The van der Waals surface area contributed by atoms with Crippen molar-refractivity contribution in [1.82, 2.24) is 5.32 Å². The van der Waals surface area contributed by atoms with E-state index in [1.54, 1.807) is 12.1 Å². The van der Waals surface area contributed by atoms with Gasteiger partial charge >= 0.3 is 0 Å². The summed E-state index contributed by atoms with van der Waals surface area (Å²) in [6, 6.07) is 6.51. The number of nitrogens with two attached hydrogens (primary N) is 1. The van der Waals surface area contributed by atoms with Gasteiger partial charge in [-0.15, -0.1) is 0 Å². The highest BCUT2D eigenvalue weighted by molar-refractivity contribution is 5.77. The molecule has 0 saturated heterocycles. The third-order valence-corrected chi connectivity index (χ3v) is 2.37. The van der Waals surface area contributed by atoms with Crippen molar-refractivity contribution in [2.45, 2.75) is 19.8 Å². The molecule has 0 aromatic heterocycles. The minimum atomic E-state index is -0.405. The summed E-state index contributed by atoms with van der Waals surface area (Å²) in [4.78, 5) is 14.2. The van der Waals surface area contributed by atoms with Crippen molar-refractivity contribution in [2.75, 3.05) is 13.1 Å². The van der Waals surface area contributed by atoms with Gasteiger partial charge in [0.05, 0.1) is 4.92 Å². The monoisotopic (exact) mass is 250 g/mol. The molecule has 0 heterocycles. The molecule has 0 bridgehead atoms. The topological polar surface area (TPSA) is 93.5 Å². The standard InChI is InChI=1S/C12H18N4O2/c1-2-8-14-12(13)15-9-7-10-3-5-11(6-4-10)16(17)18/h3-6H,2,7-9H2,1H3,(H3,13,14,15). The van der Waals surface area contributed by atoms with Gasteiger partial charge in [-0.3, -0.25) is 15.1 Å². The summed E-state index contributed by atoms with van der Waals surface area (Å²) in [6.07, 6.45) is 1.71. The average molecular weight is 250 g/mol. The van der Waals surface area contributed by atoms with E-state index >= 15 is 0 Å². The second kappa shape index (κ2) is 7.26. The van der Waals surface area contributed by atoms with E-state index in [2.05, 4.69) is 10.3 Å². The molecule has 98 valence electrons. The van der Waals surface area contributed by atoms with Crippen LogP contribution >= 0.6 is 0 Å². The Labute approximate surface area is 106 Å². The van der Waals surface area contributed by atoms with Crippen molar-refractivity contribution in [1.29, 1.82) is 0 Å².